The summed E-state index contributed by atoms with van der Waals surface area (Å²) in [5, 5.41) is 3.37. The molecule has 1 atom stereocenters. The van der Waals surface area contributed by atoms with Crippen LogP contribution < -0.4 is 9.62 Å². The molecule has 0 aliphatic carbocycles. The predicted molar refractivity (Wildman–Crippen MR) is 142 cm³/mol. The number of sulfonamides is 1. The molecule has 2 aromatic rings. The maximum absolute atomic E-state index is 13.7. The summed E-state index contributed by atoms with van der Waals surface area (Å²) < 4.78 is 26.7. The van der Waals surface area contributed by atoms with Gasteiger partial charge >= 0.3 is 0 Å². The Morgan fingerprint density at radius 1 is 1.06 bits per heavy atom. The molecule has 2 amide bonds. The lowest BCUT2D eigenvalue weighted by molar-refractivity contribution is -0.140. The third kappa shape index (κ3) is 7.70. The number of aryl methyl sites for hydroxylation is 1. The number of nitrogens with one attached hydrogen (secondary N) is 1. The number of halogens is 1. The molecule has 0 aliphatic rings. The van der Waals surface area contributed by atoms with E-state index in [2.05, 4.69) is 5.32 Å². The van der Waals surface area contributed by atoms with Gasteiger partial charge in [0.2, 0.25) is 21.8 Å². The van der Waals surface area contributed by atoms with Crippen LogP contribution in [0.5, 0.6) is 0 Å². The first-order valence-electron chi connectivity index (χ1n) is 11.7. The summed E-state index contributed by atoms with van der Waals surface area (Å²) in [5.74, 6) is -0.517. The molecule has 0 heterocycles. The smallest absolute Gasteiger partial charge is 0.244 e. The Hall–Kier alpha value is -2.58. The van der Waals surface area contributed by atoms with Crippen molar-refractivity contribution in [1.29, 1.82) is 0 Å². The van der Waals surface area contributed by atoms with E-state index in [1.54, 1.807) is 30.3 Å². The van der Waals surface area contributed by atoms with Crippen molar-refractivity contribution in [2.24, 2.45) is 5.92 Å². The van der Waals surface area contributed by atoms with Gasteiger partial charge in [-0.25, -0.2) is 8.42 Å². The number of amides is 2. The molecule has 0 bridgehead atoms. The zero-order valence-electron chi connectivity index (χ0n) is 21.3. The van der Waals surface area contributed by atoms with Crippen LogP contribution in [0.25, 0.3) is 0 Å². The summed E-state index contributed by atoms with van der Waals surface area (Å²) in [4.78, 5) is 28.2. The van der Waals surface area contributed by atoms with Gasteiger partial charge in [-0.1, -0.05) is 62.7 Å². The quantitative estimate of drug-likeness (QED) is 0.477. The fourth-order valence-corrected chi connectivity index (χ4v) is 4.85. The van der Waals surface area contributed by atoms with Gasteiger partial charge in [-0.15, -0.1) is 0 Å². The number of hydrogen-bond donors (Lipinski definition) is 1. The first-order chi connectivity index (χ1) is 16.4. The standard InChI is InChI=1S/C26H36ClN3O4S/c1-7-23(26(32)28-15-18(2)3)29(16-21-12-8-9-13-22(21)27)25(31)17-30(35(6,33)34)24-14-10-11-19(4)20(24)5/h8-14,18,23H,7,15-17H2,1-6H3,(H,28,32)/t23-/m0/s1. The van der Waals surface area contributed by atoms with E-state index >= 15 is 0 Å². The zero-order chi connectivity index (χ0) is 26.3. The minimum absolute atomic E-state index is 0.0799. The van der Waals surface area contributed by atoms with Crippen LogP contribution in [0, 0.1) is 19.8 Å². The van der Waals surface area contributed by atoms with Gasteiger partial charge in [-0.3, -0.25) is 13.9 Å². The van der Waals surface area contributed by atoms with Crippen molar-refractivity contribution in [2.75, 3.05) is 23.7 Å². The van der Waals surface area contributed by atoms with Crippen molar-refractivity contribution in [3.63, 3.8) is 0 Å². The monoisotopic (exact) mass is 521 g/mol. The number of hydrogen-bond acceptors (Lipinski definition) is 4. The van der Waals surface area contributed by atoms with Crippen molar-refractivity contribution < 1.29 is 18.0 Å². The molecule has 7 nitrogen and oxygen atoms in total. The molecule has 192 valence electrons. The third-order valence-electron chi connectivity index (χ3n) is 5.89. The normalized spacial score (nSPS) is 12.3. The lowest BCUT2D eigenvalue weighted by Gasteiger charge is -2.33. The van der Waals surface area contributed by atoms with E-state index in [0.717, 1.165) is 21.7 Å². The van der Waals surface area contributed by atoms with E-state index in [1.807, 2.05) is 46.8 Å². The summed E-state index contributed by atoms with van der Waals surface area (Å²) in [6.07, 6.45) is 1.44. The second-order valence-corrected chi connectivity index (χ2v) is 11.5. The van der Waals surface area contributed by atoms with Crippen LogP contribution in [0.4, 0.5) is 5.69 Å². The molecule has 2 aromatic carbocycles. The van der Waals surface area contributed by atoms with Crippen molar-refractivity contribution in [3.05, 3.63) is 64.2 Å². The van der Waals surface area contributed by atoms with Crippen molar-refractivity contribution in [3.8, 4) is 0 Å². The molecule has 2 rings (SSSR count). The largest absolute Gasteiger partial charge is 0.354 e. The van der Waals surface area contributed by atoms with Crippen LogP contribution in [0.15, 0.2) is 42.5 Å². The molecule has 0 aliphatic heterocycles. The fraction of sp³-hybridized carbons (Fsp3) is 0.462. The van der Waals surface area contributed by atoms with E-state index in [1.165, 1.54) is 4.90 Å². The molecule has 9 heteroatoms. The van der Waals surface area contributed by atoms with E-state index < -0.39 is 28.5 Å². The molecule has 0 unspecified atom stereocenters. The van der Waals surface area contributed by atoms with E-state index in [0.29, 0.717) is 29.2 Å². The first-order valence-corrected chi connectivity index (χ1v) is 13.9. The SMILES string of the molecule is CC[C@@H](C(=O)NCC(C)C)N(Cc1ccccc1Cl)C(=O)CN(c1cccc(C)c1C)S(C)(=O)=O. The molecule has 0 saturated carbocycles. The van der Waals surface area contributed by atoms with Gasteiger partial charge < -0.3 is 10.2 Å². The number of rotatable bonds is 11. The molecule has 0 saturated heterocycles. The molecule has 0 aromatic heterocycles. The highest BCUT2D eigenvalue weighted by Gasteiger charge is 2.32. The zero-order valence-corrected chi connectivity index (χ0v) is 22.9. The highest BCUT2D eigenvalue weighted by atomic mass is 35.5. The third-order valence-corrected chi connectivity index (χ3v) is 7.39. The Balaban J connectivity index is 2.48. The highest BCUT2D eigenvalue weighted by molar-refractivity contribution is 7.92. The summed E-state index contributed by atoms with van der Waals surface area (Å²) in [6, 6.07) is 11.7. The van der Waals surface area contributed by atoms with Gasteiger partial charge in [0.05, 0.1) is 11.9 Å². The summed E-state index contributed by atoms with van der Waals surface area (Å²) in [6.45, 7) is 9.63. The molecule has 1 N–H and O–H groups in total. The minimum Gasteiger partial charge on any atom is -0.354 e. The lowest BCUT2D eigenvalue weighted by atomic mass is 10.1. The second kappa shape index (κ2) is 12.4. The van der Waals surface area contributed by atoms with Crippen LogP contribution in [0.3, 0.4) is 0 Å². The number of carbonyl (C=O) groups excluding carboxylic acids is 2. The maximum atomic E-state index is 13.7. The average Bonchev–Trinajstić information content (AvgIpc) is 2.78. The first kappa shape index (κ1) is 28.7. The van der Waals surface area contributed by atoms with E-state index in [-0.39, 0.29) is 18.4 Å². The summed E-state index contributed by atoms with van der Waals surface area (Å²) in [7, 11) is -3.78. The van der Waals surface area contributed by atoms with Gasteiger partial charge in [0.25, 0.3) is 0 Å². The van der Waals surface area contributed by atoms with E-state index in [4.69, 9.17) is 11.6 Å². The average molecular weight is 522 g/mol. The van der Waals surface area contributed by atoms with Crippen LogP contribution in [-0.4, -0.2) is 50.5 Å². The maximum Gasteiger partial charge on any atom is 0.244 e. The predicted octanol–water partition coefficient (Wildman–Crippen LogP) is 4.30. The van der Waals surface area contributed by atoms with Crippen LogP contribution in [0.1, 0.15) is 43.9 Å². The highest BCUT2D eigenvalue weighted by Crippen LogP contribution is 2.26. The Kier molecular flexibility index (Phi) is 10.2. The second-order valence-electron chi connectivity index (χ2n) is 9.16. The van der Waals surface area contributed by atoms with Gasteiger partial charge in [0, 0.05) is 18.1 Å². The van der Waals surface area contributed by atoms with Crippen molar-refractivity contribution in [2.45, 2.75) is 53.6 Å². The minimum atomic E-state index is -3.78. The van der Waals surface area contributed by atoms with Crippen LogP contribution >= 0.6 is 11.6 Å². The fourth-order valence-electron chi connectivity index (χ4n) is 3.75. The van der Waals surface area contributed by atoms with Gasteiger partial charge in [0.1, 0.15) is 12.6 Å². The molecule has 0 radical (unpaired) electrons. The Bertz CT molecular complexity index is 1150. The number of nitrogens with zero attached hydrogens (tertiary/aromatic N) is 2. The number of carbonyl (C=O) groups is 2. The van der Waals surface area contributed by atoms with Crippen molar-refractivity contribution >= 4 is 39.1 Å². The Labute approximate surface area is 214 Å². The number of benzene rings is 2. The number of anilines is 1. The van der Waals surface area contributed by atoms with E-state index in [9.17, 15) is 18.0 Å². The van der Waals surface area contributed by atoms with Crippen LogP contribution in [0.2, 0.25) is 5.02 Å². The van der Waals surface area contributed by atoms with Gasteiger partial charge in [0.15, 0.2) is 0 Å². The van der Waals surface area contributed by atoms with Crippen LogP contribution in [-0.2, 0) is 26.2 Å². The summed E-state index contributed by atoms with van der Waals surface area (Å²) >= 11 is 6.37. The molecule has 0 spiro atoms. The summed E-state index contributed by atoms with van der Waals surface area (Å²) in [5.41, 5.74) is 2.80. The molecular formula is C26H36ClN3O4S. The molecule has 35 heavy (non-hydrogen) atoms. The van der Waals surface area contributed by atoms with Gasteiger partial charge in [-0.2, -0.15) is 0 Å². The molecule has 0 fully saturated rings. The lowest BCUT2D eigenvalue weighted by Crippen LogP contribution is -2.52. The van der Waals surface area contributed by atoms with Crippen molar-refractivity contribution in [1.82, 2.24) is 10.2 Å². The van der Waals surface area contributed by atoms with Gasteiger partial charge in [-0.05, 0) is 55.0 Å². The topological polar surface area (TPSA) is 86.8 Å². The Morgan fingerprint density at radius 3 is 2.29 bits per heavy atom. The molecular weight excluding hydrogens is 486 g/mol. The Morgan fingerprint density at radius 2 is 1.71 bits per heavy atom.